The van der Waals surface area contributed by atoms with Crippen molar-refractivity contribution in [3.05, 3.63) is 17.5 Å². The minimum atomic E-state index is 0.588. The molecule has 1 aromatic rings. The first-order valence-corrected chi connectivity index (χ1v) is 5.63. The summed E-state index contributed by atoms with van der Waals surface area (Å²) in [5, 5.41) is 8.05. The van der Waals surface area contributed by atoms with Gasteiger partial charge in [-0.15, -0.1) is 0 Å². The number of rotatable bonds is 3. The lowest BCUT2D eigenvalue weighted by Gasteiger charge is -2.12. The van der Waals surface area contributed by atoms with Crippen molar-refractivity contribution in [3.63, 3.8) is 0 Å². The Hall–Kier alpha value is -0.830. The molecule has 1 unspecified atom stereocenters. The molecule has 14 heavy (non-hydrogen) atoms. The van der Waals surface area contributed by atoms with Crippen molar-refractivity contribution < 1.29 is 0 Å². The molecule has 3 nitrogen and oxygen atoms in total. The first kappa shape index (κ1) is 9.71. The van der Waals surface area contributed by atoms with Gasteiger partial charge in [0.2, 0.25) is 0 Å². The lowest BCUT2D eigenvalue weighted by atomic mass is 10.2. The fourth-order valence-electron chi connectivity index (χ4n) is 2.09. The zero-order valence-electron chi connectivity index (χ0n) is 9.08. The average molecular weight is 193 g/mol. The number of hydrogen-bond acceptors (Lipinski definition) is 2. The summed E-state index contributed by atoms with van der Waals surface area (Å²) >= 11 is 0. The van der Waals surface area contributed by atoms with Gasteiger partial charge in [0, 0.05) is 12.2 Å². The van der Waals surface area contributed by atoms with E-state index in [0.717, 1.165) is 25.9 Å². The summed E-state index contributed by atoms with van der Waals surface area (Å²) in [5.74, 6) is 0. The molecule has 3 heteroatoms. The van der Waals surface area contributed by atoms with Crippen molar-refractivity contribution >= 4 is 0 Å². The molecule has 2 rings (SSSR count). The zero-order chi connectivity index (χ0) is 9.97. The Balaban J connectivity index is 2.25. The maximum atomic E-state index is 4.66. The molecule has 0 saturated carbocycles. The van der Waals surface area contributed by atoms with Gasteiger partial charge >= 0.3 is 0 Å². The molecule has 1 saturated heterocycles. The van der Waals surface area contributed by atoms with E-state index in [2.05, 4.69) is 35.0 Å². The predicted molar refractivity (Wildman–Crippen MR) is 57.5 cm³/mol. The van der Waals surface area contributed by atoms with Crippen LogP contribution >= 0.6 is 0 Å². The van der Waals surface area contributed by atoms with Gasteiger partial charge in [-0.1, -0.05) is 13.8 Å². The van der Waals surface area contributed by atoms with Gasteiger partial charge in [0.1, 0.15) is 0 Å². The minimum absolute atomic E-state index is 0.588. The Morgan fingerprint density at radius 3 is 2.93 bits per heavy atom. The summed E-state index contributed by atoms with van der Waals surface area (Å²) in [6, 6.07) is 2.84. The molecule has 0 aromatic carbocycles. The molecule has 78 valence electrons. The molecule has 1 aromatic heterocycles. The van der Waals surface area contributed by atoms with Gasteiger partial charge in [-0.25, -0.2) is 0 Å². The second-order valence-electron chi connectivity index (χ2n) is 3.93. The van der Waals surface area contributed by atoms with Crippen molar-refractivity contribution in [1.29, 1.82) is 0 Å². The molecular weight excluding hydrogens is 174 g/mol. The second-order valence-corrected chi connectivity index (χ2v) is 3.93. The number of hydrogen-bond donors (Lipinski definition) is 1. The minimum Gasteiger partial charge on any atom is -0.315 e. The molecule has 1 aliphatic rings. The summed E-state index contributed by atoms with van der Waals surface area (Å²) in [4.78, 5) is 0. The van der Waals surface area contributed by atoms with E-state index >= 15 is 0 Å². The number of aryl methyl sites for hydroxylation is 2. The monoisotopic (exact) mass is 193 g/mol. The average Bonchev–Trinajstić information content (AvgIpc) is 2.85. The summed E-state index contributed by atoms with van der Waals surface area (Å²) < 4.78 is 2.23. The Morgan fingerprint density at radius 2 is 2.36 bits per heavy atom. The summed E-state index contributed by atoms with van der Waals surface area (Å²) in [5.41, 5.74) is 2.62. The molecule has 0 aliphatic carbocycles. The molecule has 1 atom stereocenters. The highest BCUT2D eigenvalue weighted by molar-refractivity contribution is 5.11. The molecule has 1 aliphatic heterocycles. The van der Waals surface area contributed by atoms with Crippen LogP contribution in [0.3, 0.4) is 0 Å². The highest BCUT2D eigenvalue weighted by Crippen LogP contribution is 2.18. The van der Waals surface area contributed by atoms with Crippen LogP contribution in [0.15, 0.2) is 6.07 Å². The number of aromatic nitrogens is 2. The van der Waals surface area contributed by atoms with Crippen LogP contribution in [0.1, 0.15) is 37.7 Å². The molecule has 0 amide bonds. The standard InChI is InChI=1S/C11H19N3/c1-3-9-7-10(4-2)14(13-9)11-5-6-12-8-11/h7,11-12H,3-6,8H2,1-2H3. The van der Waals surface area contributed by atoms with E-state index in [-0.39, 0.29) is 0 Å². The molecule has 1 fully saturated rings. The fourth-order valence-corrected chi connectivity index (χ4v) is 2.09. The van der Waals surface area contributed by atoms with Gasteiger partial charge in [-0.3, -0.25) is 4.68 Å². The highest BCUT2D eigenvalue weighted by atomic mass is 15.3. The van der Waals surface area contributed by atoms with E-state index < -0.39 is 0 Å². The summed E-state index contributed by atoms with van der Waals surface area (Å²) in [7, 11) is 0. The van der Waals surface area contributed by atoms with Gasteiger partial charge in [0.05, 0.1) is 11.7 Å². The molecule has 1 N–H and O–H groups in total. The number of nitrogens with one attached hydrogen (secondary N) is 1. The normalized spacial score (nSPS) is 21.7. The van der Waals surface area contributed by atoms with Crippen LogP contribution in [0, 0.1) is 0 Å². The maximum Gasteiger partial charge on any atom is 0.0658 e. The van der Waals surface area contributed by atoms with Crippen molar-refractivity contribution in [2.24, 2.45) is 0 Å². The van der Waals surface area contributed by atoms with Crippen LogP contribution in [-0.2, 0) is 12.8 Å². The van der Waals surface area contributed by atoms with E-state index in [1.165, 1.54) is 17.8 Å². The quantitative estimate of drug-likeness (QED) is 0.789. The Kier molecular flexibility index (Phi) is 2.87. The van der Waals surface area contributed by atoms with Gasteiger partial charge in [-0.05, 0) is 31.9 Å². The van der Waals surface area contributed by atoms with Crippen LogP contribution < -0.4 is 5.32 Å². The Bertz CT molecular complexity index is 297. The van der Waals surface area contributed by atoms with Gasteiger partial charge in [0.15, 0.2) is 0 Å². The predicted octanol–water partition coefficient (Wildman–Crippen LogP) is 1.54. The molecule has 0 radical (unpaired) electrons. The SMILES string of the molecule is CCc1cc(CC)n(C2CCNC2)n1. The van der Waals surface area contributed by atoms with Crippen LogP contribution in [-0.4, -0.2) is 22.9 Å². The molecule has 2 heterocycles. The van der Waals surface area contributed by atoms with E-state index in [9.17, 15) is 0 Å². The second kappa shape index (κ2) is 4.13. The zero-order valence-corrected chi connectivity index (χ0v) is 9.08. The fraction of sp³-hybridized carbons (Fsp3) is 0.727. The first-order chi connectivity index (χ1) is 6.85. The van der Waals surface area contributed by atoms with Crippen LogP contribution in [0.2, 0.25) is 0 Å². The first-order valence-electron chi connectivity index (χ1n) is 5.63. The van der Waals surface area contributed by atoms with Crippen molar-refractivity contribution in [1.82, 2.24) is 15.1 Å². The summed E-state index contributed by atoms with van der Waals surface area (Å²) in [6.45, 7) is 6.58. The van der Waals surface area contributed by atoms with Crippen LogP contribution in [0.5, 0.6) is 0 Å². The van der Waals surface area contributed by atoms with Crippen LogP contribution in [0.25, 0.3) is 0 Å². The lowest BCUT2D eigenvalue weighted by molar-refractivity contribution is 0.470. The van der Waals surface area contributed by atoms with Crippen molar-refractivity contribution in [2.45, 2.75) is 39.2 Å². The van der Waals surface area contributed by atoms with Crippen molar-refractivity contribution in [2.75, 3.05) is 13.1 Å². The van der Waals surface area contributed by atoms with E-state index in [1.807, 2.05) is 0 Å². The molecular formula is C11H19N3. The summed E-state index contributed by atoms with van der Waals surface area (Å²) in [6.07, 6.45) is 3.35. The smallest absolute Gasteiger partial charge is 0.0658 e. The van der Waals surface area contributed by atoms with E-state index in [0.29, 0.717) is 6.04 Å². The number of nitrogens with zero attached hydrogens (tertiary/aromatic N) is 2. The maximum absolute atomic E-state index is 4.66. The molecule has 0 spiro atoms. The highest BCUT2D eigenvalue weighted by Gasteiger charge is 2.19. The molecule has 0 bridgehead atoms. The lowest BCUT2D eigenvalue weighted by Crippen LogP contribution is -2.16. The van der Waals surface area contributed by atoms with E-state index in [4.69, 9.17) is 0 Å². The largest absolute Gasteiger partial charge is 0.315 e. The Morgan fingerprint density at radius 1 is 1.50 bits per heavy atom. The van der Waals surface area contributed by atoms with Gasteiger partial charge in [-0.2, -0.15) is 5.10 Å². The van der Waals surface area contributed by atoms with Crippen LogP contribution in [0.4, 0.5) is 0 Å². The third kappa shape index (κ3) is 1.69. The third-order valence-electron chi connectivity index (χ3n) is 2.97. The topological polar surface area (TPSA) is 29.9 Å². The Labute approximate surface area is 85.5 Å². The van der Waals surface area contributed by atoms with Crippen molar-refractivity contribution in [3.8, 4) is 0 Å². The van der Waals surface area contributed by atoms with E-state index in [1.54, 1.807) is 0 Å². The third-order valence-corrected chi connectivity index (χ3v) is 2.97. The van der Waals surface area contributed by atoms with Gasteiger partial charge in [0.25, 0.3) is 0 Å². The van der Waals surface area contributed by atoms with Gasteiger partial charge < -0.3 is 5.32 Å².